The summed E-state index contributed by atoms with van der Waals surface area (Å²) < 4.78 is 0. The van der Waals surface area contributed by atoms with Crippen LogP contribution in [0, 0.1) is 5.92 Å². The van der Waals surface area contributed by atoms with E-state index in [9.17, 15) is 4.79 Å². The maximum absolute atomic E-state index is 12.3. The van der Waals surface area contributed by atoms with Crippen LogP contribution in [0.2, 0.25) is 0 Å². The second-order valence-electron chi connectivity index (χ2n) is 5.62. The van der Waals surface area contributed by atoms with E-state index >= 15 is 0 Å². The molecule has 0 N–H and O–H groups in total. The van der Waals surface area contributed by atoms with Gasteiger partial charge in [0.1, 0.15) is 0 Å². The second-order valence-corrected chi connectivity index (χ2v) is 6.85. The molecule has 0 atom stereocenters. The van der Waals surface area contributed by atoms with Gasteiger partial charge in [0.2, 0.25) is 0 Å². The average Bonchev–Trinajstić information content (AvgIpc) is 2.99. The van der Waals surface area contributed by atoms with Crippen LogP contribution in [-0.2, 0) is 4.79 Å². The normalized spacial score (nSPS) is 22.9. The molecule has 0 radical (unpaired) electrons. The molecule has 2 nitrogen and oxygen atoms in total. The van der Waals surface area contributed by atoms with Crippen molar-refractivity contribution in [1.29, 1.82) is 0 Å². The molecule has 0 aromatic rings. The molecule has 106 valence electrons. The molecule has 1 aliphatic heterocycles. The molecule has 1 fully saturated rings. The summed E-state index contributed by atoms with van der Waals surface area (Å²) in [5, 5.41) is 1.15. The Morgan fingerprint density at radius 2 is 2.05 bits per heavy atom. The van der Waals surface area contributed by atoms with Crippen LogP contribution >= 0.6 is 11.8 Å². The standard InChI is InChI=1S/C16H25NOS/c1-4-5-10-17-12(2)13(3)19-16(17)11-15(18)14-8-6-7-9-14/h11,14H,4-10H2,1-3H3. The van der Waals surface area contributed by atoms with Gasteiger partial charge in [-0.1, -0.05) is 37.9 Å². The van der Waals surface area contributed by atoms with Crippen molar-refractivity contribution < 1.29 is 4.79 Å². The molecule has 0 unspecified atom stereocenters. The Hall–Kier alpha value is -0.700. The Bertz CT molecular complexity index is 405. The first-order valence-corrected chi connectivity index (χ1v) is 8.33. The van der Waals surface area contributed by atoms with Gasteiger partial charge in [-0.3, -0.25) is 4.79 Å². The zero-order valence-corrected chi connectivity index (χ0v) is 13.2. The number of carbonyl (C=O) groups excluding carboxylic acids is 1. The molecule has 19 heavy (non-hydrogen) atoms. The predicted molar refractivity (Wildman–Crippen MR) is 82.6 cm³/mol. The maximum Gasteiger partial charge on any atom is 0.161 e. The van der Waals surface area contributed by atoms with Gasteiger partial charge in [0, 0.05) is 29.1 Å². The number of nitrogens with zero attached hydrogens (tertiary/aromatic N) is 1. The highest BCUT2D eigenvalue weighted by Gasteiger charge is 2.26. The first-order chi connectivity index (χ1) is 9.13. The van der Waals surface area contributed by atoms with E-state index in [1.54, 1.807) is 11.8 Å². The molecule has 0 amide bonds. The maximum atomic E-state index is 12.3. The smallest absolute Gasteiger partial charge is 0.161 e. The summed E-state index contributed by atoms with van der Waals surface area (Å²) in [6, 6.07) is 0. The molecule has 0 bridgehead atoms. The van der Waals surface area contributed by atoms with Crippen LogP contribution in [0.4, 0.5) is 0 Å². The fourth-order valence-corrected chi connectivity index (χ4v) is 3.88. The van der Waals surface area contributed by atoms with E-state index in [4.69, 9.17) is 0 Å². The van der Waals surface area contributed by atoms with Crippen LogP contribution < -0.4 is 0 Å². The third-order valence-corrected chi connectivity index (χ3v) is 5.35. The van der Waals surface area contributed by atoms with Crippen LogP contribution in [-0.4, -0.2) is 17.2 Å². The van der Waals surface area contributed by atoms with Gasteiger partial charge in [-0.25, -0.2) is 0 Å². The lowest BCUT2D eigenvalue weighted by atomic mass is 10.0. The van der Waals surface area contributed by atoms with Crippen molar-refractivity contribution in [3.8, 4) is 0 Å². The fraction of sp³-hybridized carbons (Fsp3) is 0.688. The van der Waals surface area contributed by atoms with E-state index in [1.165, 1.54) is 36.3 Å². The van der Waals surface area contributed by atoms with Crippen molar-refractivity contribution in [2.75, 3.05) is 6.54 Å². The van der Waals surface area contributed by atoms with Gasteiger partial charge >= 0.3 is 0 Å². The number of carbonyl (C=O) groups is 1. The highest BCUT2D eigenvalue weighted by Crippen LogP contribution is 2.41. The predicted octanol–water partition coefficient (Wildman–Crippen LogP) is 4.69. The quantitative estimate of drug-likeness (QED) is 0.681. The van der Waals surface area contributed by atoms with Crippen molar-refractivity contribution in [3.05, 3.63) is 21.7 Å². The van der Waals surface area contributed by atoms with Gasteiger partial charge in [-0.05, 0) is 33.1 Å². The highest BCUT2D eigenvalue weighted by molar-refractivity contribution is 8.06. The van der Waals surface area contributed by atoms with E-state index in [2.05, 4.69) is 25.7 Å². The number of allylic oxidation sites excluding steroid dienone is 3. The van der Waals surface area contributed by atoms with Crippen LogP contribution in [0.5, 0.6) is 0 Å². The van der Waals surface area contributed by atoms with Crippen LogP contribution in [0.3, 0.4) is 0 Å². The van der Waals surface area contributed by atoms with Crippen molar-refractivity contribution in [2.24, 2.45) is 5.92 Å². The molecule has 2 rings (SSSR count). The first kappa shape index (κ1) is 14.7. The highest BCUT2D eigenvalue weighted by atomic mass is 32.2. The van der Waals surface area contributed by atoms with Crippen LogP contribution in [0.1, 0.15) is 59.3 Å². The second kappa shape index (κ2) is 6.65. The van der Waals surface area contributed by atoms with Crippen LogP contribution in [0.15, 0.2) is 21.7 Å². The van der Waals surface area contributed by atoms with E-state index in [0.717, 1.165) is 24.4 Å². The number of rotatable bonds is 5. The number of thioether (sulfide) groups is 1. The molecule has 2 aliphatic rings. The summed E-state index contributed by atoms with van der Waals surface area (Å²) in [6.07, 6.45) is 8.92. The van der Waals surface area contributed by atoms with Gasteiger partial charge in [0.25, 0.3) is 0 Å². The molecule has 0 saturated heterocycles. The topological polar surface area (TPSA) is 20.3 Å². The van der Waals surface area contributed by atoms with Gasteiger partial charge in [-0.2, -0.15) is 0 Å². The largest absolute Gasteiger partial charge is 0.339 e. The Morgan fingerprint density at radius 1 is 1.37 bits per heavy atom. The molecule has 0 spiro atoms. The number of ketones is 1. The lowest BCUT2D eigenvalue weighted by Gasteiger charge is -2.21. The molecule has 3 heteroatoms. The summed E-state index contributed by atoms with van der Waals surface area (Å²) in [4.78, 5) is 16.0. The molecule has 0 aromatic heterocycles. The van der Waals surface area contributed by atoms with Crippen molar-refractivity contribution in [1.82, 2.24) is 4.90 Å². The zero-order chi connectivity index (χ0) is 13.8. The van der Waals surface area contributed by atoms with Gasteiger partial charge in [-0.15, -0.1) is 0 Å². The van der Waals surface area contributed by atoms with E-state index in [0.29, 0.717) is 11.7 Å². The Kier molecular flexibility index (Phi) is 5.14. The number of hydrogen-bond acceptors (Lipinski definition) is 3. The minimum atomic E-state index is 0.294. The molecule has 1 aliphatic carbocycles. The summed E-state index contributed by atoms with van der Waals surface area (Å²) >= 11 is 1.77. The zero-order valence-electron chi connectivity index (χ0n) is 12.4. The Balaban J connectivity index is 2.07. The molecular formula is C16H25NOS. The molecule has 1 heterocycles. The summed E-state index contributed by atoms with van der Waals surface area (Å²) in [5.74, 6) is 0.645. The lowest BCUT2D eigenvalue weighted by Crippen LogP contribution is -2.19. The van der Waals surface area contributed by atoms with Gasteiger partial charge in [0.05, 0.1) is 5.03 Å². The SMILES string of the molecule is CCCCN1C(=CC(=O)C2CCCC2)SC(C)=C1C. The minimum absolute atomic E-state index is 0.294. The van der Waals surface area contributed by atoms with Crippen molar-refractivity contribution in [3.63, 3.8) is 0 Å². The van der Waals surface area contributed by atoms with Crippen LogP contribution in [0.25, 0.3) is 0 Å². The molecule has 1 saturated carbocycles. The third kappa shape index (κ3) is 3.44. The monoisotopic (exact) mass is 279 g/mol. The average molecular weight is 279 g/mol. The third-order valence-electron chi connectivity index (χ3n) is 4.20. The molecule has 0 aromatic carbocycles. The number of unbranched alkanes of at least 4 members (excludes halogenated alkanes) is 1. The van der Waals surface area contributed by atoms with Crippen molar-refractivity contribution in [2.45, 2.75) is 59.3 Å². The van der Waals surface area contributed by atoms with E-state index < -0.39 is 0 Å². The summed E-state index contributed by atoms with van der Waals surface area (Å²) in [7, 11) is 0. The fourth-order valence-electron chi connectivity index (χ4n) is 2.79. The number of hydrogen-bond donors (Lipinski definition) is 0. The summed E-state index contributed by atoms with van der Waals surface area (Å²) in [5.41, 5.74) is 1.32. The summed E-state index contributed by atoms with van der Waals surface area (Å²) in [6.45, 7) is 7.57. The minimum Gasteiger partial charge on any atom is -0.339 e. The van der Waals surface area contributed by atoms with Gasteiger partial charge < -0.3 is 4.90 Å². The Labute approximate surface area is 121 Å². The van der Waals surface area contributed by atoms with Gasteiger partial charge in [0.15, 0.2) is 5.78 Å². The van der Waals surface area contributed by atoms with Crippen molar-refractivity contribution >= 4 is 17.5 Å². The van der Waals surface area contributed by atoms with E-state index in [1.807, 2.05) is 6.08 Å². The lowest BCUT2D eigenvalue weighted by molar-refractivity contribution is -0.118. The Morgan fingerprint density at radius 3 is 2.68 bits per heavy atom. The van der Waals surface area contributed by atoms with E-state index in [-0.39, 0.29) is 0 Å². The molecular weight excluding hydrogens is 254 g/mol. The first-order valence-electron chi connectivity index (χ1n) is 7.52.